The van der Waals surface area contributed by atoms with E-state index in [1.807, 2.05) is 57.2 Å². The zero-order chi connectivity index (χ0) is 24.0. The Hall–Kier alpha value is -2.16. The standard InChI is InChI=1S/C25H25Cl2IN2O3/c1-4-32-23-10-17(13-29-18-7-5-15(2)20(26)11-18)9-22(28)25(23)33-14-24(31)30-19-8-6-16(3)21(27)12-19/h5-12,29H,4,13-14H2,1-3H3,(H,30,31). The van der Waals surface area contributed by atoms with Crippen LogP contribution in [0.2, 0.25) is 10.0 Å². The summed E-state index contributed by atoms with van der Waals surface area (Å²) in [6.07, 6.45) is 0. The molecule has 0 radical (unpaired) electrons. The smallest absolute Gasteiger partial charge is 0.262 e. The van der Waals surface area contributed by atoms with Gasteiger partial charge in [-0.2, -0.15) is 0 Å². The quantitative estimate of drug-likeness (QED) is 0.255. The lowest BCUT2D eigenvalue weighted by Gasteiger charge is -2.16. The number of anilines is 2. The molecule has 3 rings (SSSR count). The van der Waals surface area contributed by atoms with Crippen LogP contribution < -0.4 is 20.1 Å². The van der Waals surface area contributed by atoms with Gasteiger partial charge in [-0.3, -0.25) is 4.79 Å². The highest BCUT2D eigenvalue weighted by molar-refractivity contribution is 14.1. The number of hydrogen-bond acceptors (Lipinski definition) is 4. The summed E-state index contributed by atoms with van der Waals surface area (Å²) < 4.78 is 12.5. The van der Waals surface area contributed by atoms with Gasteiger partial charge in [0.25, 0.3) is 5.91 Å². The zero-order valence-electron chi connectivity index (χ0n) is 18.6. The molecule has 3 aromatic rings. The first-order valence-electron chi connectivity index (χ1n) is 10.4. The van der Waals surface area contributed by atoms with Gasteiger partial charge >= 0.3 is 0 Å². The maximum absolute atomic E-state index is 12.4. The average Bonchev–Trinajstić information content (AvgIpc) is 2.77. The minimum atomic E-state index is -0.282. The third kappa shape index (κ3) is 7.16. The molecule has 0 spiro atoms. The van der Waals surface area contributed by atoms with Crippen molar-refractivity contribution in [3.8, 4) is 11.5 Å². The van der Waals surface area contributed by atoms with E-state index in [2.05, 4.69) is 33.2 Å². The monoisotopic (exact) mass is 598 g/mol. The number of hydrogen-bond donors (Lipinski definition) is 2. The molecule has 0 unspecified atom stereocenters. The Morgan fingerprint density at radius 3 is 2.21 bits per heavy atom. The minimum absolute atomic E-state index is 0.152. The van der Waals surface area contributed by atoms with E-state index in [-0.39, 0.29) is 12.5 Å². The zero-order valence-corrected chi connectivity index (χ0v) is 22.3. The average molecular weight is 599 g/mol. The Morgan fingerprint density at radius 1 is 0.939 bits per heavy atom. The molecule has 0 saturated heterocycles. The van der Waals surface area contributed by atoms with Crippen molar-refractivity contribution >= 4 is 63.1 Å². The van der Waals surface area contributed by atoms with Gasteiger partial charge in [0.1, 0.15) is 0 Å². The topological polar surface area (TPSA) is 59.6 Å². The van der Waals surface area contributed by atoms with E-state index in [0.717, 1.165) is 31.0 Å². The predicted octanol–water partition coefficient (Wildman–Crippen LogP) is 7.24. The molecule has 0 aliphatic carbocycles. The maximum atomic E-state index is 12.4. The first-order valence-corrected chi connectivity index (χ1v) is 12.2. The SMILES string of the molecule is CCOc1cc(CNc2ccc(C)c(Cl)c2)cc(I)c1OCC(=O)Nc1ccc(C)c(Cl)c1. The lowest BCUT2D eigenvalue weighted by Crippen LogP contribution is -2.20. The molecular formula is C25H25Cl2IN2O3. The van der Waals surface area contributed by atoms with Gasteiger partial charge in [-0.1, -0.05) is 35.3 Å². The summed E-state index contributed by atoms with van der Waals surface area (Å²) in [6, 6.07) is 15.2. The number of ether oxygens (including phenoxy) is 2. The lowest BCUT2D eigenvalue weighted by molar-refractivity contribution is -0.118. The molecule has 0 heterocycles. The number of carbonyl (C=O) groups excluding carboxylic acids is 1. The molecule has 5 nitrogen and oxygen atoms in total. The summed E-state index contributed by atoms with van der Waals surface area (Å²) in [6.45, 7) is 6.70. The van der Waals surface area contributed by atoms with Gasteiger partial charge in [0, 0.05) is 28.0 Å². The molecular weight excluding hydrogens is 574 g/mol. The Morgan fingerprint density at radius 2 is 1.58 bits per heavy atom. The van der Waals surface area contributed by atoms with Crippen molar-refractivity contribution in [2.75, 3.05) is 23.8 Å². The van der Waals surface area contributed by atoms with Gasteiger partial charge in [-0.25, -0.2) is 0 Å². The second kappa shape index (κ2) is 11.8. The second-order valence-corrected chi connectivity index (χ2v) is 9.43. The van der Waals surface area contributed by atoms with E-state index in [4.69, 9.17) is 32.7 Å². The highest BCUT2D eigenvalue weighted by atomic mass is 127. The predicted molar refractivity (Wildman–Crippen MR) is 144 cm³/mol. The Bertz CT molecular complexity index is 1150. The molecule has 174 valence electrons. The molecule has 0 fully saturated rings. The Kier molecular flexibility index (Phi) is 9.11. The van der Waals surface area contributed by atoms with Crippen LogP contribution in [0.5, 0.6) is 11.5 Å². The Balaban J connectivity index is 1.67. The highest BCUT2D eigenvalue weighted by Gasteiger charge is 2.15. The summed E-state index contributed by atoms with van der Waals surface area (Å²) >= 11 is 14.5. The van der Waals surface area contributed by atoms with Gasteiger partial charge in [0.15, 0.2) is 18.1 Å². The second-order valence-electron chi connectivity index (χ2n) is 7.46. The number of aryl methyl sites for hydroxylation is 2. The normalized spacial score (nSPS) is 10.6. The summed E-state index contributed by atoms with van der Waals surface area (Å²) in [5.41, 5.74) is 4.56. The van der Waals surface area contributed by atoms with E-state index in [9.17, 15) is 4.79 Å². The van der Waals surface area contributed by atoms with Crippen LogP contribution in [0, 0.1) is 17.4 Å². The molecule has 0 aliphatic rings. The number of carbonyl (C=O) groups is 1. The summed E-state index contributed by atoms with van der Waals surface area (Å²) in [5, 5.41) is 7.49. The largest absolute Gasteiger partial charge is 0.490 e. The third-order valence-electron chi connectivity index (χ3n) is 4.84. The first-order chi connectivity index (χ1) is 15.8. The minimum Gasteiger partial charge on any atom is -0.490 e. The summed E-state index contributed by atoms with van der Waals surface area (Å²) in [5.74, 6) is 0.848. The van der Waals surface area contributed by atoms with E-state index < -0.39 is 0 Å². The van der Waals surface area contributed by atoms with Crippen LogP contribution in [0.3, 0.4) is 0 Å². The van der Waals surface area contributed by atoms with Gasteiger partial charge in [-0.15, -0.1) is 0 Å². The lowest BCUT2D eigenvalue weighted by atomic mass is 10.2. The van der Waals surface area contributed by atoms with E-state index in [1.54, 1.807) is 12.1 Å². The van der Waals surface area contributed by atoms with E-state index in [1.165, 1.54) is 0 Å². The van der Waals surface area contributed by atoms with Crippen molar-refractivity contribution < 1.29 is 14.3 Å². The van der Waals surface area contributed by atoms with Crippen molar-refractivity contribution in [3.05, 3.63) is 78.8 Å². The molecule has 1 amide bonds. The van der Waals surface area contributed by atoms with Crippen LogP contribution in [-0.2, 0) is 11.3 Å². The van der Waals surface area contributed by atoms with Gasteiger partial charge in [0.2, 0.25) is 0 Å². The van der Waals surface area contributed by atoms with Crippen LogP contribution >= 0.6 is 45.8 Å². The fraction of sp³-hybridized carbons (Fsp3) is 0.240. The number of rotatable bonds is 9. The molecule has 0 atom stereocenters. The van der Waals surface area contributed by atoms with Crippen molar-refractivity contribution in [3.63, 3.8) is 0 Å². The van der Waals surface area contributed by atoms with Crippen molar-refractivity contribution in [2.45, 2.75) is 27.3 Å². The maximum Gasteiger partial charge on any atom is 0.262 e. The number of nitrogens with one attached hydrogen (secondary N) is 2. The van der Waals surface area contributed by atoms with Crippen LogP contribution in [0.15, 0.2) is 48.5 Å². The summed E-state index contributed by atoms with van der Waals surface area (Å²) in [7, 11) is 0. The van der Waals surface area contributed by atoms with E-state index >= 15 is 0 Å². The van der Waals surface area contributed by atoms with Gasteiger partial charge in [0.05, 0.1) is 10.2 Å². The third-order valence-corrected chi connectivity index (χ3v) is 6.46. The highest BCUT2D eigenvalue weighted by Crippen LogP contribution is 2.35. The summed E-state index contributed by atoms with van der Waals surface area (Å²) in [4.78, 5) is 12.4. The molecule has 8 heteroatoms. The van der Waals surface area contributed by atoms with Crippen molar-refractivity contribution in [1.29, 1.82) is 0 Å². The molecule has 0 aliphatic heterocycles. The number of benzene rings is 3. The molecule has 0 saturated carbocycles. The van der Waals surface area contributed by atoms with Gasteiger partial charge in [-0.05, 0) is 96.5 Å². The molecule has 2 N–H and O–H groups in total. The van der Waals surface area contributed by atoms with Crippen molar-refractivity contribution in [1.82, 2.24) is 0 Å². The fourth-order valence-electron chi connectivity index (χ4n) is 3.04. The van der Waals surface area contributed by atoms with Crippen LogP contribution in [-0.4, -0.2) is 19.1 Å². The molecule has 0 bridgehead atoms. The molecule has 3 aromatic carbocycles. The van der Waals surface area contributed by atoms with Crippen LogP contribution in [0.1, 0.15) is 23.6 Å². The van der Waals surface area contributed by atoms with Gasteiger partial charge < -0.3 is 20.1 Å². The van der Waals surface area contributed by atoms with Crippen LogP contribution in [0.25, 0.3) is 0 Å². The molecule has 0 aromatic heterocycles. The van der Waals surface area contributed by atoms with Crippen LogP contribution in [0.4, 0.5) is 11.4 Å². The first kappa shape index (κ1) is 25.5. The van der Waals surface area contributed by atoms with Crippen molar-refractivity contribution in [2.24, 2.45) is 0 Å². The molecule has 33 heavy (non-hydrogen) atoms. The number of amides is 1. The number of halogens is 3. The fourth-order valence-corrected chi connectivity index (χ4v) is 4.22. The Labute approximate surface area is 217 Å². The van der Waals surface area contributed by atoms with E-state index in [0.29, 0.717) is 35.4 Å².